The third-order valence-electron chi connectivity index (χ3n) is 2.27. The molecule has 0 saturated heterocycles. The van der Waals surface area contributed by atoms with Gasteiger partial charge in [-0.15, -0.1) is 6.58 Å². The van der Waals surface area contributed by atoms with Gasteiger partial charge in [0.05, 0.1) is 0 Å². The highest BCUT2D eigenvalue weighted by Gasteiger charge is 2.28. The summed E-state index contributed by atoms with van der Waals surface area (Å²) in [5, 5.41) is 11.6. The quantitative estimate of drug-likeness (QED) is 0.597. The molecule has 2 rings (SSSR count). The molecule has 1 heterocycles. The van der Waals surface area contributed by atoms with Crippen molar-refractivity contribution in [3.63, 3.8) is 0 Å². The van der Waals surface area contributed by atoms with E-state index in [0.29, 0.717) is 22.9 Å². The van der Waals surface area contributed by atoms with Crippen molar-refractivity contribution in [2.24, 2.45) is 0 Å². The molecule has 1 atom stereocenters. The highest BCUT2D eigenvalue weighted by atomic mass is 35.5. The number of halogens is 1. The lowest BCUT2D eigenvalue weighted by Gasteiger charge is -2.34. The molecular weight excluding hydrogens is 230 g/mol. The minimum atomic E-state index is -0.459. The number of amides is 2. The monoisotopic (exact) mass is 239 g/mol. The predicted molar refractivity (Wildman–Crippen MR) is 61.5 cm³/mol. The van der Waals surface area contributed by atoms with E-state index < -0.39 is 11.2 Å². The van der Waals surface area contributed by atoms with Gasteiger partial charge >= 0.3 is 6.03 Å². The molecule has 1 aromatic rings. The van der Waals surface area contributed by atoms with Crippen LogP contribution in [0.4, 0.5) is 16.2 Å². The Hall–Kier alpha value is -1.56. The average Bonchev–Trinajstić information content (AvgIpc) is 2.23. The summed E-state index contributed by atoms with van der Waals surface area (Å²) in [6.45, 7) is 3.89. The number of nitrogens with one attached hydrogen (secondary N) is 2. The molecule has 2 amide bonds. The SMILES string of the molecule is C=CCN1C(=O)N[NH+]([O-])c2ccc(Cl)cc21. The summed E-state index contributed by atoms with van der Waals surface area (Å²) in [4.78, 5) is 13.0. The molecule has 0 bridgehead atoms. The van der Waals surface area contributed by atoms with Gasteiger partial charge in [-0.3, -0.25) is 4.90 Å². The van der Waals surface area contributed by atoms with Crippen LogP contribution in [0.25, 0.3) is 0 Å². The molecule has 0 fully saturated rings. The normalized spacial score (nSPS) is 19.0. The number of benzene rings is 1. The summed E-state index contributed by atoms with van der Waals surface area (Å²) in [5.74, 6) is 0. The zero-order valence-electron chi connectivity index (χ0n) is 8.37. The molecule has 1 aromatic carbocycles. The van der Waals surface area contributed by atoms with Gasteiger partial charge in [-0.25, -0.2) is 9.97 Å². The number of quaternary nitrogens is 1. The smallest absolute Gasteiger partial charge is 0.367 e. The minimum Gasteiger partial charge on any atom is -0.603 e. The average molecular weight is 240 g/mol. The predicted octanol–water partition coefficient (Wildman–Crippen LogP) is 0.985. The van der Waals surface area contributed by atoms with Crippen molar-refractivity contribution in [1.29, 1.82) is 0 Å². The molecule has 0 spiro atoms. The number of carbonyl (C=O) groups excluding carboxylic acids is 1. The first-order chi connectivity index (χ1) is 7.63. The zero-order chi connectivity index (χ0) is 11.7. The summed E-state index contributed by atoms with van der Waals surface area (Å²) in [5.41, 5.74) is 3.20. The summed E-state index contributed by atoms with van der Waals surface area (Å²) < 4.78 is 0. The van der Waals surface area contributed by atoms with Crippen molar-refractivity contribution in [1.82, 2.24) is 5.43 Å². The van der Waals surface area contributed by atoms with Crippen molar-refractivity contribution >= 4 is 29.0 Å². The van der Waals surface area contributed by atoms with Crippen LogP contribution in [-0.2, 0) is 0 Å². The Balaban J connectivity index is 2.51. The molecule has 6 heteroatoms. The molecule has 0 radical (unpaired) electrons. The highest BCUT2D eigenvalue weighted by molar-refractivity contribution is 6.31. The maximum absolute atomic E-state index is 11.6. The Labute approximate surface area is 97.4 Å². The molecule has 1 unspecified atom stereocenters. The van der Waals surface area contributed by atoms with Crippen molar-refractivity contribution in [2.75, 3.05) is 11.4 Å². The number of anilines is 1. The molecular formula is C10H10ClN3O2. The topological polar surface area (TPSA) is 59.8 Å². The Morgan fingerprint density at radius 1 is 1.62 bits per heavy atom. The van der Waals surface area contributed by atoms with Crippen molar-refractivity contribution in [3.05, 3.63) is 41.1 Å². The molecule has 5 nitrogen and oxygen atoms in total. The van der Waals surface area contributed by atoms with Crippen LogP contribution < -0.4 is 15.5 Å². The third kappa shape index (κ3) is 1.76. The van der Waals surface area contributed by atoms with Gasteiger partial charge in [0.15, 0.2) is 5.69 Å². The first-order valence-corrected chi connectivity index (χ1v) is 5.04. The Bertz CT molecular complexity index is 450. The van der Waals surface area contributed by atoms with Crippen LogP contribution in [0.3, 0.4) is 0 Å². The number of fused-ring (bicyclic) bond motifs is 1. The lowest BCUT2D eigenvalue weighted by atomic mass is 10.2. The van der Waals surface area contributed by atoms with E-state index in [1.54, 1.807) is 24.3 Å². The van der Waals surface area contributed by atoms with Crippen molar-refractivity contribution < 1.29 is 9.97 Å². The second-order valence-electron chi connectivity index (χ2n) is 3.32. The van der Waals surface area contributed by atoms with E-state index in [0.717, 1.165) is 0 Å². The van der Waals surface area contributed by atoms with Gasteiger partial charge in [-0.2, -0.15) is 5.43 Å². The van der Waals surface area contributed by atoms with Gasteiger partial charge in [0.25, 0.3) is 0 Å². The molecule has 0 aromatic heterocycles. The molecule has 84 valence electrons. The maximum Gasteiger partial charge on any atom is 0.367 e. The van der Waals surface area contributed by atoms with Crippen molar-refractivity contribution in [2.45, 2.75) is 0 Å². The Kier molecular flexibility index (Phi) is 2.82. The fourth-order valence-corrected chi connectivity index (χ4v) is 1.74. The van der Waals surface area contributed by atoms with Gasteiger partial charge in [-0.05, 0) is 12.1 Å². The maximum atomic E-state index is 11.6. The second-order valence-corrected chi connectivity index (χ2v) is 3.76. The zero-order valence-corrected chi connectivity index (χ0v) is 9.12. The van der Waals surface area contributed by atoms with E-state index in [2.05, 4.69) is 12.0 Å². The molecule has 0 aliphatic carbocycles. The number of urea groups is 1. The van der Waals surface area contributed by atoms with Gasteiger partial charge in [0, 0.05) is 17.6 Å². The lowest BCUT2D eigenvalue weighted by molar-refractivity contribution is -0.817. The second kappa shape index (κ2) is 4.13. The first kappa shape index (κ1) is 10.9. The summed E-state index contributed by atoms with van der Waals surface area (Å²) in [7, 11) is 0. The van der Waals surface area contributed by atoms with Crippen LogP contribution in [0, 0.1) is 5.21 Å². The fourth-order valence-electron chi connectivity index (χ4n) is 1.57. The van der Waals surface area contributed by atoms with E-state index >= 15 is 0 Å². The highest BCUT2D eigenvalue weighted by Crippen LogP contribution is 2.28. The van der Waals surface area contributed by atoms with Crippen molar-refractivity contribution in [3.8, 4) is 0 Å². The number of rotatable bonds is 2. The number of carbonyl (C=O) groups is 1. The van der Waals surface area contributed by atoms with Gasteiger partial charge in [0.2, 0.25) is 0 Å². The van der Waals surface area contributed by atoms with E-state index in [-0.39, 0.29) is 0 Å². The largest absolute Gasteiger partial charge is 0.603 e. The van der Waals surface area contributed by atoms with E-state index in [1.165, 1.54) is 4.90 Å². The fraction of sp³-hybridized carbons (Fsp3) is 0.100. The Morgan fingerprint density at radius 3 is 3.06 bits per heavy atom. The summed E-state index contributed by atoms with van der Waals surface area (Å²) in [6, 6.07) is 4.34. The lowest BCUT2D eigenvalue weighted by Crippen LogP contribution is -3.12. The van der Waals surface area contributed by atoms with Crippen LogP contribution in [0.5, 0.6) is 0 Å². The third-order valence-corrected chi connectivity index (χ3v) is 2.51. The molecule has 16 heavy (non-hydrogen) atoms. The van der Waals surface area contributed by atoms with Gasteiger partial charge < -0.3 is 5.21 Å². The minimum absolute atomic E-state index is 0.326. The number of hydrogen-bond donors (Lipinski definition) is 2. The summed E-state index contributed by atoms with van der Waals surface area (Å²) >= 11 is 5.84. The molecule has 0 saturated carbocycles. The van der Waals surface area contributed by atoms with Crippen LogP contribution >= 0.6 is 11.6 Å². The van der Waals surface area contributed by atoms with Crippen LogP contribution in [0.1, 0.15) is 0 Å². The molecule has 1 aliphatic heterocycles. The van der Waals surface area contributed by atoms with E-state index in [9.17, 15) is 10.0 Å². The molecule has 1 aliphatic rings. The number of nitrogens with zero attached hydrogens (tertiary/aromatic N) is 1. The van der Waals surface area contributed by atoms with Crippen LogP contribution in [0.2, 0.25) is 5.02 Å². The van der Waals surface area contributed by atoms with E-state index in [1.807, 2.05) is 0 Å². The van der Waals surface area contributed by atoms with E-state index in [4.69, 9.17) is 11.6 Å². The van der Waals surface area contributed by atoms with Gasteiger partial charge in [0.1, 0.15) is 5.69 Å². The first-order valence-electron chi connectivity index (χ1n) is 4.67. The summed E-state index contributed by atoms with van der Waals surface area (Å²) in [6.07, 6.45) is 1.58. The van der Waals surface area contributed by atoms with Gasteiger partial charge in [-0.1, -0.05) is 17.7 Å². The number of hydrogen-bond acceptors (Lipinski definition) is 2. The van der Waals surface area contributed by atoms with Crippen LogP contribution in [0.15, 0.2) is 30.9 Å². The van der Waals surface area contributed by atoms with Crippen LogP contribution in [-0.4, -0.2) is 12.6 Å². The standard InChI is InChI=1S/C10H10ClN3O2/c1-2-5-13-9-6-7(11)3-4-8(9)14(16)12-10(13)15/h2-4,6,14H,1,5H2,(H,12,15). The molecule has 2 N–H and O–H groups in total. The Morgan fingerprint density at radius 2 is 2.38 bits per heavy atom.